The van der Waals surface area contributed by atoms with Gasteiger partial charge < -0.3 is 4.74 Å². The lowest BCUT2D eigenvalue weighted by atomic mass is 9.98. The lowest BCUT2D eigenvalue weighted by Gasteiger charge is -2.08. The van der Waals surface area contributed by atoms with Crippen LogP contribution in [0.4, 0.5) is 0 Å². The largest absolute Gasteiger partial charge is 0.381 e. The number of hydrogen-bond acceptors (Lipinski definition) is 2. The second-order valence-corrected chi connectivity index (χ2v) is 5.15. The Kier molecular flexibility index (Phi) is 4.43. The van der Waals surface area contributed by atoms with Crippen LogP contribution in [-0.4, -0.2) is 19.0 Å². The first kappa shape index (κ1) is 12.9. The van der Waals surface area contributed by atoms with Gasteiger partial charge in [0.2, 0.25) is 0 Å². The molecular formula is C13H14Cl2O2. The summed E-state index contributed by atoms with van der Waals surface area (Å²) in [5, 5.41) is 0.992. The minimum absolute atomic E-state index is 0.199. The van der Waals surface area contributed by atoms with Gasteiger partial charge in [-0.1, -0.05) is 35.3 Å². The monoisotopic (exact) mass is 272 g/mol. The van der Waals surface area contributed by atoms with Crippen LogP contribution in [-0.2, 0) is 16.0 Å². The van der Waals surface area contributed by atoms with Gasteiger partial charge in [-0.25, -0.2) is 0 Å². The highest BCUT2D eigenvalue weighted by Crippen LogP contribution is 2.27. The number of benzene rings is 1. The van der Waals surface area contributed by atoms with E-state index in [9.17, 15) is 4.79 Å². The minimum atomic E-state index is 0.199. The highest BCUT2D eigenvalue weighted by atomic mass is 35.5. The molecule has 0 N–H and O–H groups in total. The van der Waals surface area contributed by atoms with Gasteiger partial charge in [0, 0.05) is 26.1 Å². The van der Waals surface area contributed by atoms with Crippen molar-refractivity contribution in [1.29, 1.82) is 0 Å². The number of ether oxygens (including phenoxy) is 1. The van der Waals surface area contributed by atoms with Crippen LogP contribution in [0.15, 0.2) is 18.2 Å². The van der Waals surface area contributed by atoms with E-state index in [1.165, 1.54) is 0 Å². The smallest absolute Gasteiger partial charge is 0.137 e. The van der Waals surface area contributed by atoms with Crippen LogP contribution in [0.2, 0.25) is 10.0 Å². The van der Waals surface area contributed by atoms with E-state index in [1.54, 1.807) is 6.07 Å². The molecule has 92 valence electrons. The predicted molar refractivity (Wildman–Crippen MR) is 68.7 cm³/mol. The zero-order valence-electron chi connectivity index (χ0n) is 9.42. The third kappa shape index (κ3) is 3.44. The molecule has 2 rings (SSSR count). The van der Waals surface area contributed by atoms with Crippen LogP contribution in [0, 0.1) is 5.92 Å². The van der Waals surface area contributed by atoms with E-state index in [0.717, 1.165) is 18.6 Å². The van der Waals surface area contributed by atoms with Gasteiger partial charge in [0.1, 0.15) is 5.78 Å². The first-order valence-corrected chi connectivity index (χ1v) is 6.44. The summed E-state index contributed by atoms with van der Waals surface area (Å²) in [5.41, 5.74) is 0.808. The maximum Gasteiger partial charge on any atom is 0.137 e. The Bertz CT molecular complexity index is 412. The maximum absolute atomic E-state index is 11.9. The molecule has 1 aromatic rings. The van der Waals surface area contributed by atoms with Crippen LogP contribution >= 0.6 is 23.2 Å². The molecule has 1 saturated heterocycles. The second kappa shape index (κ2) is 5.85. The second-order valence-electron chi connectivity index (χ2n) is 4.36. The number of carbonyl (C=O) groups is 1. The molecule has 1 aliphatic heterocycles. The van der Waals surface area contributed by atoms with Crippen molar-refractivity contribution in [1.82, 2.24) is 0 Å². The molecule has 0 saturated carbocycles. The molecule has 0 aliphatic carbocycles. The molecule has 0 amide bonds. The van der Waals surface area contributed by atoms with Crippen LogP contribution in [0.5, 0.6) is 0 Å². The maximum atomic E-state index is 11.9. The van der Waals surface area contributed by atoms with Crippen LogP contribution < -0.4 is 0 Å². The lowest BCUT2D eigenvalue weighted by molar-refractivity contribution is -0.119. The first-order valence-electron chi connectivity index (χ1n) is 5.69. The molecule has 0 spiro atoms. The van der Waals surface area contributed by atoms with Crippen molar-refractivity contribution in [3.05, 3.63) is 33.8 Å². The number of rotatable bonds is 4. The third-order valence-corrected chi connectivity index (χ3v) is 3.82. The zero-order chi connectivity index (χ0) is 12.3. The van der Waals surface area contributed by atoms with Gasteiger partial charge in [0.15, 0.2) is 0 Å². The van der Waals surface area contributed by atoms with E-state index in [0.29, 0.717) is 35.4 Å². The Morgan fingerprint density at radius 2 is 2.24 bits per heavy atom. The van der Waals surface area contributed by atoms with Gasteiger partial charge >= 0.3 is 0 Å². The third-order valence-electron chi connectivity index (χ3n) is 2.96. The summed E-state index contributed by atoms with van der Waals surface area (Å²) in [5.74, 6) is 0.574. The Morgan fingerprint density at radius 1 is 1.41 bits per heavy atom. The van der Waals surface area contributed by atoms with Gasteiger partial charge in [-0.15, -0.1) is 0 Å². The van der Waals surface area contributed by atoms with Crippen molar-refractivity contribution in [3.63, 3.8) is 0 Å². The fourth-order valence-electron chi connectivity index (χ4n) is 2.04. The van der Waals surface area contributed by atoms with Crippen molar-refractivity contribution >= 4 is 29.0 Å². The Balaban J connectivity index is 1.95. The highest BCUT2D eigenvalue weighted by molar-refractivity contribution is 6.42. The van der Waals surface area contributed by atoms with Crippen molar-refractivity contribution < 1.29 is 9.53 Å². The molecule has 1 aromatic carbocycles. The number of halogens is 2. The van der Waals surface area contributed by atoms with E-state index in [1.807, 2.05) is 12.1 Å². The molecule has 2 nitrogen and oxygen atoms in total. The Morgan fingerprint density at radius 3 is 2.94 bits per heavy atom. The average molecular weight is 273 g/mol. The lowest BCUT2D eigenvalue weighted by Crippen LogP contribution is -2.11. The summed E-state index contributed by atoms with van der Waals surface area (Å²) in [6.45, 7) is 1.48. The fraction of sp³-hybridized carbons (Fsp3) is 0.462. The summed E-state index contributed by atoms with van der Waals surface area (Å²) in [7, 11) is 0. The summed E-state index contributed by atoms with van der Waals surface area (Å²) in [6.07, 6.45) is 1.91. The molecular weight excluding hydrogens is 259 g/mol. The van der Waals surface area contributed by atoms with Crippen LogP contribution in [0.25, 0.3) is 0 Å². The van der Waals surface area contributed by atoms with E-state index in [2.05, 4.69) is 0 Å². The van der Waals surface area contributed by atoms with Crippen LogP contribution in [0.1, 0.15) is 18.4 Å². The molecule has 1 atom stereocenters. The molecule has 17 heavy (non-hydrogen) atoms. The summed E-state index contributed by atoms with van der Waals surface area (Å²) >= 11 is 11.9. The topological polar surface area (TPSA) is 26.3 Å². The van der Waals surface area contributed by atoms with Crippen molar-refractivity contribution in [3.8, 4) is 0 Å². The van der Waals surface area contributed by atoms with E-state index in [4.69, 9.17) is 27.9 Å². The number of carbonyl (C=O) groups excluding carboxylic acids is 1. The van der Waals surface area contributed by atoms with Crippen molar-refractivity contribution in [2.24, 2.45) is 5.92 Å². The number of hydrogen-bond donors (Lipinski definition) is 0. The molecule has 0 aromatic heterocycles. The Labute approximate surface area is 111 Å². The molecule has 0 radical (unpaired) electrons. The van der Waals surface area contributed by atoms with E-state index < -0.39 is 0 Å². The van der Waals surface area contributed by atoms with Crippen LogP contribution in [0.3, 0.4) is 0 Å². The molecule has 0 bridgehead atoms. The molecule has 4 heteroatoms. The van der Waals surface area contributed by atoms with Crippen molar-refractivity contribution in [2.75, 3.05) is 13.2 Å². The fourth-order valence-corrected chi connectivity index (χ4v) is 2.42. The first-order chi connectivity index (χ1) is 8.16. The normalized spacial score (nSPS) is 19.5. The van der Waals surface area contributed by atoms with Gasteiger partial charge in [-0.2, -0.15) is 0 Å². The number of Topliss-reactive ketones (excluding diaryl/α,β-unsaturated/α-hetero) is 1. The van der Waals surface area contributed by atoms with E-state index >= 15 is 0 Å². The SMILES string of the molecule is O=C(Cc1cccc(Cl)c1Cl)CC1CCOC1. The minimum Gasteiger partial charge on any atom is -0.381 e. The molecule has 1 heterocycles. The quantitative estimate of drug-likeness (QED) is 0.838. The van der Waals surface area contributed by atoms with Gasteiger partial charge in [-0.3, -0.25) is 4.79 Å². The van der Waals surface area contributed by atoms with E-state index in [-0.39, 0.29) is 5.78 Å². The molecule has 1 aliphatic rings. The van der Waals surface area contributed by atoms with Gasteiger partial charge in [0.25, 0.3) is 0 Å². The highest BCUT2D eigenvalue weighted by Gasteiger charge is 2.19. The molecule has 1 fully saturated rings. The standard InChI is InChI=1S/C13H14Cl2O2/c14-12-3-1-2-10(13(12)15)7-11(16)6-9-4-5-17-8-9/h1-3,9H,4-8H2. The van der Waals surface area contributed by atoms with Crippen molar-refractivity contribution in [2.45, 2.75) is 19.3 Å². The van der Waals surface area contributed by atoms with Gasteiger partial charge in [-0.05, 0) is 24.0 Å². The zero-order valence-corrected chi connectivity index (χ0v) is 10.9. The predicted octanol–water partition coefficient (Wildman–Crippen LogP) is 3.53. The average Bonchev–Trinajstić information content (AvgIpc) is 2.77. The summed E-state index contributed by atoms with van der Waals surface area (Å²) in [4.78, 5) is 11.9. The number of ketones is 1. The Hall–Kier alpha value is -0.570. The molecule has 1 unspecified atom stereocenters. The van der Waals surface area contributed by atoms with Gasteiger partial charge in [0.05, 0.1) is 10.0 Å². The summed E-state index contributed by atoms with van der Waals surface area (Å²) in [6, 6.07) is 5.38. The summed E-state index contributed by atoms with van der Waals surface area (Å²) < 4.78 is 5.25.